The lowest BCUT2D eigenvalue weighted by Crippen LogP contribution is -2.34. The molecule has 21 heavy (non-hydrogen) atoms. The molecule has 2 aromatic rings. The molecule has 6 nitrogen and oxygen atoms in total. The Morgan fingerprint density at radius 2 is 1.76 bits per heavy atom. The number of hydrogen-bond acceptors (Lipinski definition) is 5. The van der Waals surface area contributed by atoms with Gasteiger partial charge in [-0.2, -0.15) is 4.68 Å². The van der Waals surface area contributed by atoms with Gasteiger partial charge in [-0.15, -0.1) is 0 Å². The van der Waals surface area contributed by atoms with E-state index in [1.165, 1.54) is 0 Å². The summed E-state index contributed by atoms with van der Waals surface area (Å²) in [6, 6.07) is 7.47. The number of aromatic nitrogens is 4. The van der Waals surface area contributed by atoms with Crippen LogP contribution in [0, 0.1) is 0 Å². The highest BCUT2D eigenvalue weighted by molar-refractivity contribution is 6.30. The molecule has 0 aliphatic heterocycles. The largest absolute Gasteiger partial charge is 0.341 e. The molecule has 0 amide bonds. The van der Waals surface area contributed by atoms with E-state index in [1.54, 1.807) is 4.68 Å². The van der Waals surface area contributed by atoms with Crippen molar-refractivity contribution in [3.05, 3.63) is 29.3 Å². The summed E-state index contributed by atoms with van der Waals surface area (Å²) in [6.45, 7) is 8.29. The first-order chi connectivity index (χ1) is 10.2. The van der Waals surface area contributed by atoms with E-state index < -0.39 is 0 Å². The minimum atomic E-state index is 0.697. The minimum Gasteiger partial charge on any atom is -0.341 e. The van der Waals surface area contributed by atoms with Crippen molar-refractivity contribution in [2.75, 3.05) is 38.1 Å². The summed E-state index contributed by atoms with van der Waals surface area (Å²) in [6.07, 6.45) is 0. The summed E-state index contributed by atoms with van der Waals surface area (Å²) < 4.78 is 1.72. The molecule has 0 N–H and O–H groups in total. The second-order valence-electron chi connectivity index (χ2n) is 4.82. The number of rotatable bonds is 7. The van der Waals surface area contributed by atoms with E-state index in [0.717, 1.165) is 37.8 Å². The number of benzene rings is 1. The standard InChI is InChI=1S/C14H21ClN6/c1-4-20(5-2)11-10-19(3)14-16-17-18-21(14)13-8-6-12(15)7-9-13/h6-9H,4-5,10-11H2,1-3H3. The Hall–Kier alpha value is -1.66. The molecule has 0 unspecified atom stereocenters. The molecular weight excluding hydrogens is 288 g/mol. The van der Waals surface area contributed by atoms with Crippen LogP contribution in [0.1, 0.15) is 13.8 Å². The van der Waals surface area contributed by atoms with Gasteiger partial charge < -0.3 is 9.80 Å². The summed E-state index contributed by atoms with van der Waals surface area (Å²) in [5, 5.41) is 12.7. The highest BCUT2D eigenvalue weighted by atomic mass is 35.5. The van der Waals surface area contributed by atoms with Gasteiger partial charge in [-0.3, -0.25) is 0 Å². The Morgan fingerprint density at radius 3 is 2.38 bits per heavy atom. The highest BCUT2D eigenvalue weighted by Gasteiger charge is 2.13. The number of nitrogens with zero attached hydrogens (tertiary/aromatic N) is 6. The first kappa shape index (κ1) is 15.7. The number of tetrazole rings is 1. The maximum Gasteiger partial charge on any atom is 0.250 e. The van der Waals surface area contributed by atoms with Crippen LogP contribution >= 0.6 is 11.6 Å². The lowest BCUT2D eigenvalue weighted by molar-refractivity contribution is 0.310. The van der Waals surface area contributed by atoms with Gasteiger partial charge in [0.25, 0.3) is 0 Å². The summed E-state index contributed by atoms with van der Waals surface area (Å²) in [5.74, 6) is 0.726. The van der Waals surface area contributed by atoms with E-state index in [0.29, 0.717) is 5.02 Å². The van der Waals surface area contributed by atoms with Gasteiger partial charge in [0.05, 0.1) is 5.69 Å². The Morgan fingerprint density at radius 1 is 1.10 bits per heavy atom. The Balaban J connectivity index is 2.10. The van der Waals surface area contributed by atoms with Gasteiger partial charge in [0.1, 0.15) is 0 Å². The predicted molar refractivity (Wildman–Crippen MR) is 85.2 cm³/mol. The molecule has 0 atom stereocenters. The van der Waals surface area contributed by atoms with E-state index in [9.17, 15) is 0 Å². The average molecular weight is 309 g/mol. The Bertz CT molecular complexity index is 549. The SMILES string of the molecule is CCN(CC)CCN(C)c1nnnn1-c1ccc(Cl)cc1. The van der Waals surface area contributed by atoms with Gasteiger partial charge in [0.2, 0.25) is 5.95 Å². The molecule has 0 radical (unpaired) electrons. The van der Waals surface area contributed by atoms with Gasteiger partial charge in [-0.05, 0) is 47.8 Å². The maximum atomic E-state index is 5.92. The predicted octanol–water partition coefficient (Wildman–Crippen LogP) is 2.09. The normalized spacial score (nSPS) is 11.1. The quantitative estimate of drug-likeness (QED) is 0.784. The van der Waals surface area contributed by atoms with E-state index in [4.69, 9.17) is 11.6 Å². The van der Waals surface area contributed by atoms with Crippen molar-refractivity contribution in [1.29, 1.82) is 0 Å². The molecule has 1 aromatic carbocycles. The lowest BCUT2D eigenvalue weighted by Gasteiger charge is -2.23. The topological polar surface area (TPSA) is 50.1 Å². The zero-order chi connectivity index (χ0) is 15.2. The molecule has 0 bridgehead atoms. The van der Waals surface area contributed by atoms with Crippen LogP contribution < -0.4 is 4.90 Å². The fourth-order valence-electron chi connectivity index (χ4n) is 2.10. The highest BCUT2D eigenvalue weighted by Crippen LogP contribution is 2.16. The molecule has 0 fully saturated rings. The number of hydrogen-bond donors (Lipinski definition) is 0. The van der Waals surface area contributed by atoms with Crippen LogP contribution in [0.4, 0.5) is 5.95 Å². The van der Waals surface area contributed by atoms with Gasteiger partial charge >= 0.3 is 0 Å². The monoisotopic (exact) mass is 308 g/mol. The van der Waals surface area contributed by atoms with Crippen molar-refractivity contribution in [2.24, 2.45) is 0 Å². The zero-order valence-corrected chi connectivity index (χ0v) is 13.5. The van der Waals surface area contributed by atoms with Crippen LogP contribution in [-0.2, 0) is 0 Å². The molecule has 1 aromatic heterocycles. The third kappa shape index (κ3) is 3.92. The molecule has 114 valence electrons. The Kier molecular flexibility index (Phi) is 5.52. The number of likely N-dealkylation sites (N-methyl/N-ethyl adjacent to an activating group) is 2. The summed E-state index contributed by atoms with van der Waals surface area (Å²) >= 11 is 5.92. The van der Waals surface area contributed by atoms with E-state index >= 15 is 0 Å². The molecule has 0 aliphatic rings. The molecule has 7 heteroatoms. The van der Waals surface area contributed by atoms with Crippen LogP contribution in [-0.4, -0.2) is 58.3 Å². The maximum absolute atomic E-state index is 5.92. The molecule has 0 saturated heterocycles. The van der Waals surface area contributed by atoms with Crippen LogP contribution in [0.15, 0.2) is 24.3 Å². The van der Waals surface area contributed by atoms with Crippen LogP contribution in [0.5, 0.6) is 0 Å². The summed E-state index contributed by atoms with van der Waals surface area (Å²) in [7, 11) is 2.00. The van der Waals surface area contributed by atoms with Gasteiger partial charge in [0.15, 0.2) is 0 Å². The molecule has 1 heterocycles. The van der Waals surface area contributed by atoms with Crippen molar-refractivity contribution >= 4 is 17.5 Å². The van der Waals surface area contributed by atoms with Crippen molar-refractivity contribution < 1.29 is 0 Å². The van der Waals surface area contributed by atoms with Crippen molar-refractivity contribution in [3.8, 4) is 5.69 Å². The van der Waals surface area contributed by atoms with Crippen molar-refractivity contribution in [3.63, 3.8) is 0 Å². The number of anilines is 1. The Labute approximate surface area is 130 Å². The van der Waals surface area contributed by atoms with E-state index in [2.05, 4.69) is 39.2 Å². The van der Waals surface area contributed by atoms with Gasteiger partial charge in [-0.1, -0.05) is 30.5 Å². The van der Waals surface area contributed by atoms with Gasteiger partial charge in [-0.25, -0.2) is 0 Å². The van der Waals surface area contributed by atoms with E-state index in [1.807, 2.05) is 31.3 Å². The summed E-state index contributed by atoms with van der Waals surface area (Å²) in [4.78, 5) is 4.43. The minimum absolute atomic E-state index is 0.697. The third-order valence-electron chi connectivity index (χ3n) is 3.51. The first-order valence-electron chi connectivity index (χ1n) is 7.13. The first-order valence-corrected chi connectivity index (χ1v) is 7.51. The van der Waals surface area contributed by atoms with Gasteiger partial charge in [0, 0.05) is 25.2 Å². The molecular formula is C14H21ClN6. The second kappa shape index (κ2) is 7.38. The van der Waals surface area contributed by atoms with Crippen molar-refractivity contribution in [2.45, 2.75) is 13.8 Å². The van der Waals surface area contributed by atoms with Crippen LogP contribution in [0.3, 0.4) is 0 Å². The van der Waals surface area contributed by atoms with E-state index in [-0.39, 0.29) is 0 Å². The fraction of sp³-hybridized carbons (Fsp3) is 0.500. The molecule has 0 saturated carbocycles. The third-order valence-corrected chi connectivity index (χ3v) is 3.76. The smallest absolute Gasteiger partial charge is 0.250 e. The summed E-state index contributed by atoms with van der Waals surface area (Å²) in [5.41, 5.74) is 0.897. The lowest BCUT2D eigenvalue weighted by atomic mass is 10.3. The molecule has 0 aliphatic carbocycles. The fourth-order valence-corrected chi connectivity index (χ4v) is 2.23. The average Bonchev–Trinajstić information content (AvgIpc) is 2.98. The van der Waals surface area contributed by atoms with Crippen molar-refractivity contribution in [1.82, 2.24) is 25.1 Å². The zero-order valence-electron chi connectivity index (χ0n) is 12.7. The van der Waals surface area contributed by atoms with Crippen LogP contribution in [0.2, 0.25) is 5.02 Å². The molecule has 0 spiro atoms. The van der Waals surface area contributed by atoms with Crippen LogP contribution in [0.25, 0.3) is 5.69 Å². The second-order valence-corrected chi connectivity index (χ2v) is 5.25. The molecule has 2 rings (SSSR count). The number of halogens is 1.